The number of nitrogens with zero attached hydrogens (tertiary/aromatic N) is 4. The number of carbonyl (C=O) groups is 1. The van der Waals surface area contributed by atoms with Crippen LogP contribution in [0.4, 0.5) is 0 Å². The second-order valence-corrected chi connectivity index (χ2v) is 14.9. The Hall–Kier alpha value is -3.57. The third kappa shape index (κ3) is 6.24. The lowest BCUT2D eigenvalue weighted by molar-refractivity contribution is -0.122. The van der Waals surface area contributed by atoms with Gasteiger partial charge >= 0.3 is 0 Å². The Kier molecular flexibility index (Phi) is 8.37. The standard InChI is InChI=1S/C33H32N4O3S3/c1-23-16-24(2)20-35(19-23)43(39,40)29-15-9-12-26(17-29)31-27(22-37(34-31)28-13-7-4-8-14-28)18-30-32(38)36(33(41)42-30)21-25-10-5-3-6-11-25/h3-15,17-18,22-24H,16,19-21H2,1-2H3/b30-18-. The Morgan fingerprint density at radius 2 is 1.63 bits per heavy atom. The van der Waals surface area contributed by atoms with E-state index in [1.807, 2.05) is 72.9 Å². The number of amides is 1. The number of hydrogen-bond acceptors (Lipinski definition) is 6. The fourth-order valence-corrected chi connectivity index (χ4v) is 8.70. The van der Waals surface area contributed by atoms with Crippen LogP contribution in [0.1, 0.15) is 31.4 Å². The van der Waals surface area contributed by atoms with Gasteiger partial charge in [0.25, 0.3) is 5.91 Å². The summed E-state index contributed by atoms with van der Waals surface area (Å²) in [7, 11) is -3.69. The molecule has 0 bridgehead atoms. The van der Waals surface area contributed by atoms with Gasteiger partial charge in [-0.1, -0.05) is 98.5 Å². The predicted octanol–water partition coefficient (Wildman–Crippen LogP) is 6.61. The highest BCUT2D eigenvalue weighted by Crippen LogP contribution is 2.36. The maximum atomic E-state index is 13.7. The highest BCUT2D eigenvalue weighted by atomic mass is 32.2. The summed E-state index contributed by atoms with van der Waals surface area (Å²) >= 11 is 6.85. The number of thiocarbonyl (C=S) groups is 1. The lowest BCUT2D eigenvalue weighted by atomic mass is 9.94. The number of carbonyl (C=O) groups excluding carboxylic acids is 1. The van der Waals surface area contributed by atoms with E-state index in [0.29, 0.717) is 57.5 Å². The fourth-order valence-electron chi connectivity index (χ4n) is 5.73. The van der Waals surface area contributed by atoms with E-state index < -0.39 is 10.0 Å². The van der Waals surface area contributed by atoms with Gasteiger partial charge in [-0.25, -0.2) is 13.1 Å². The van der Waals surface area contributed by atoms with Crippen LogP contribution in [0.5, 0.6) is 0 Å². The molecule has 7 nitrogen and oxygen atoms in total. The fraction of sp³-hybridized carbons (Fsp3) is 0.242. The molecule has 10 heteroatoms. The second kappa shape index (κ2) is 12.2. The van der Waals surface area contributed by atoms with Gasteiger partial charge in [0.15, 0.2) is 0 Å². The molecule has 3 aromatic carbocycles. The maximum absolute atomic E-state index is 13.7. The van der Waals surface area contributed by atoms with E-state index in [0.717, 1.165) is 17.7 Å². The van der Waals surface area contributed by atoms with Crippen molar-refractivity contribution in [1.82, 2.24) is 19.0 Å². The molecule has 2 saturated heterocycles. The monoisotopic (exact) mass is 628 g/mol. The highest BCUT2D eigenvalue weighted by molar-refractivity contribution is 8.26. The van der Waals surface area contributed by atoms with Crippen molar-refractivity contribution in [3.63, 3.8) is 0 Å². The predicted molar refractivity (Wildman–Crippen MR) is 176 cm³/mol. The van der Waals surface area contributed by atoms with E-state index in [-0.39, 0.29) is 10.8 Å². The van der Waals surface area contributed by atoms with Gasteiger partial charge in [-0.3, -0.25) is 9.69 Å². The van der Waals surface area contributed by atoms with Crippen LogP contribution in [0.15, 0.2) is 101 Å². The molecule has 4 aromatic rings. The van der Waals surface area contributed by atoms with E-state index in [2.05, 4.69) is 13.8 Å². The van der Waals surface area contributed by atoms with Gasteiger partial charge in [0, 0.05) is 30.4 Å². The first-order chi connectivity index (χ1) is 20.7. The molecule has 2 aliphatic rings. The summed E-state index contributed by atoms with van der Waals surface area (Å²) in [6.07, 6.45) is 4.69. The third-order valence-corrected chi connectivity index (χ3v) is 10.9. The van der Waals surface area contributed by atoms with Gasteiger partial charge in [0.05, 0.1) is 22.0 Å². The Morgan fingerprint density at radius 3 is 2.33 bits per heavy atom. The Labute approximate surface area is 262 Å². The molecule has 0 saturated carbocycles. The number of sulfonamides is 1. The number of aromatic nitrogens is 2. The van der Waals surface area contributed by atoms with Crippen molar-refractivity contribution in [3.8, 4) is 16.9 Å². The molecular weight excluding hydrogens is 597 g/mol. The molecule has 2 unspecified atom stereocenters. The molecule has 0 N–H and O–H groups in total. The van der Waals surface area contributed by atoms with Crippen LogP contribution >= 0.6 is 24.0 Å². The molecular formula is C33H32N4O3S3. The van der Waals surface area contributed by atoms with Gasteiger partial charge in [0.1, 0.15) is 10.0 Å². The Bertz CT molecular complexity index is 1790. The Morgan fingerprint density at radius 1 is 0.953 bits per heavy atom. The summed E-state index contributed by atoms with van der Waals surface area (Å²) in [5, 5.41) is 4.88. The maximum Gasteiger partial charge on any atom is 0.266 e. The summed E-state index contributed by atoms with van der Waals surface area (Å²) in [5.41, 5.74) is 3.77. The van der Waals surface area contributed by atoms with Crippen LogP contribution in [-0.4, -0.2) is 50.7 Å². The molecule has 3 heterocycles. The lowest BCUT2D eigenvalue weighted by Crippen LogP contribution is -2.42. The average Bonchev–Trinajstić information content (AvgIpc) is 3.54. The lowest BCUT2D eigenvalue weighted by Gasteiger charge is -2.34. The van der Waals surface area contributed by atoms with Gasteiger partial charge in [0.2, 0.25) is 10.0 Å². The quantitative estimate of drug-likeness (QED) is 0.170. The minimum atomic E-state index is -3.69. The van der Waals surface area contributed by atoms with E-state index in [1.165, 1.54) is 11.8 Å². The number of para-hydroxylation sites is 1. The van der Waals surface area contributed by atoms with Crippen molar-refractivity contribution in [2.75, 3.05) is 13.1 Å². The third-order valence-electron chi connectivity index (χ3n) is 7.69. The summed E-state index contributed by atoms with van der Waals surface area (Å²) in [6, 6.07) is 26.4. The summed E-state index contributed by atoms with van der Waals surface area (Å²) in [5.74, 6) is 0.438. The van der Waals surface area contributed by atoms with Crippen LogP contribution in [-0.2, 0) is 21.4 Å². The zero-order valence-corrected chi connectivity index (χ0v) is 26.4. The van der Waals surface area contributed by atoms with Crippen molar-refractivity contribution >= 4 is 50.3 Å². The summed E-state index contributed by atoms with van der Waals surface area (Å²) in [4.78, 5) is 15.8. The number of piperidine rings is 1. The van der Waals surface area contributed by atoms with Crippen molar-refractivity contribution in [1.29, 1.82) is 0 Å². The molecule has 43 heavy (non-hydrogen) atoms. The van der Waals surface area contributed by atoms with Crippen LogP contribution in [0, 0.1) is 11.8 Å². The largest absolute Gasteiger partial charge is 0.288 e. The molecule has 1 aromatic heterocycles. The summed E-state index contributed by atoms with van der Waals surface area (Å²) < 4.78 is 31.3. The topological polar surface area (TPSA) is 75.5 Å². The van der Waals surface area contributed by atoms with Gasteiger partial charge in [-0.15, -0.1) is 0 Å². The molecule has 220 valence electrons. The van der Waals surface area contributed by atoms with Crippen LogP contribution < -0.4 is 0 Å². The van der Waals surface area contributed by atoms with Gasteiger partial charge in [-0.05, 0) is 54.2 Å². The summed E-state index contributed by atoms with van der Waals surface area (Å²) in [6.45, 7) is 5.61. The van der Waals surface area contributed by atoms with E-state index in [4.69, 9.17) is 17.3 Å². The van der Waals surface area contributed by atoms with E-state index in [9.17, 15) is 13.2 Å². The molecule has 2 atom stereocenters. The molecule has 0 aliphatic carbocycles. The molecule has 6 rings (SSSR count). The zero-order valence-electron chi connectivity index (χ0n) is 24.0. The van der Waals surface area contributed by atoms with Crippen molar-refractivity contribution < 1.29 is 13.2 Å². The normalized spacial score (nSPS) is 20.7. The molecule has 2 aliphatic heterocycles. The molecule has 2 fully saturated rings. The minimum Gasteiger partial charge on any atom is -0.288 e. The van der Waals surface area contributed by atoms with E-state index in [1.54, 1.807) is 38.2 Å². The van der Waals surface area contributed by atoms with Crippen LogP contribution in [0.2, 0.25) is 0 Å². The first-order valence-corrected chi connectivity index (χ1v) is 16.9. The first-order valence-electron chi connectivity index (χ1n) is 14.2. The Balaban J connectivity index is 1.38. The number of thioether (sulfide) groups is 1. The van der Waals surface area contributed by atoms with Crippen LogP contribution in [0.3, 0.4) is 0 Å². The molecule has 0 spiro atoms. The van der Waals surface area contributed by atoms with Crippen molar-refractivity contribution in [2.24, 2.45) is 11.8 Å². The van der Waals surface area contributed by atoms with E-state index >= 15 is 0 Å². The van der Waals surface area contributed by atoms with Crippen molar-refractivity contribution in [3.05, 3.63) is 107 Å². The molecule has 0 radical (unpaired) electrons. The first kappa shape index (κ1) is 29.5. The zero-order chi connectivity index (χ0) is 30.1. The molecule has 1 amide bonds. The van der Waals surface area contributed by atoms with Crippen molar-refractivity contribution in [2.45, 2.75) is 31.7 Å². The highest BCUT2D eigenvalue weighted by Gasteiger charge is 2.34. The number of rotatable bonds is 7. The minimum absolute atomic E-state index is 0.165. The SMILES string of the molecule is CC1CC(C)CN(S(=O)(=O)c2cccc(-c3nn(-c4ccccc4)cc3/C=C3\SC(=S)N(Cc4ccccc4)C3=O)c2)C1. The number of benzene rings is 3. The van der Waals surface area contributed by atoms with Gasteiger partial charge in [-0.2, -0.15) is 9.40 Å². The van der Waals surface area contributed by atoms with Gasteiger partial charge < -0.3 is 0 Å². The average molecular weight is 629 g/mol. The van der Waals surface area contributed by atoms with Crippen LogP contribution in [0.25, 0.3) is 23.0 Å². The number of hydrogen-bond donors (Lipinski definition) is 0. The second-order valence-electron chi connectivity index (χ2n) is 11.3. The smallest absolute Gasteiger partial charge is 0.266 e.